The lowest BCUT2D eigenvalue weighted by Crippen LogP contribution is -2.25. The van der Waals surface area contributed by atoms with Crippen LogP contribution in [0.4, 0.5) is 0 Å². The number of carboxylic acid groups (broad SMARTS) is 1. The minimum absolute atomic E-state index is 0.263. The zero-order valence-electron chi connectivity index (χ0n) is 19.7. The summed E-state index contributed by atoms with van der Waals surface area (Å²) in [4.78, 5) is 34.1. The Labute approximate surface area is 188 Å². The van der Waals surface area contributed by atoms with Crippen LogP contribution in [0.2, 0.25) is 0 Å². The standard InChI is InChI=1S/C14H23NO3.C10H19NO2/c1-3-5-6-7-8-9-11-15(13(16)4-2)12-10-14(17)18;1-4-5-6-11-7-8-13-10(12)9(2)3/h4,10,12H,2-3,5-9,11H2,1H3,(H,17,18);11H,2,4-8H2,1,3H3. The molecular formula is C24H42N2O5. The fourth-order valence-electron chi connectivity index (χ4n) is 2.36. The van der Waals surface area contributed by atoms with E-state index in [1.54, 1.807) is 6.92 Å². The number of hydrogen-bond donors (Lipinski definition) is 2. The summed E-state index contributed by atoms with van der Waals surface area (Å²) < 4.78 is 4.88. The van der Waals surface area contributed by atoms with Gasteiger partial charge in [0.1, 0.15) is 6.61 Å². The van der Waals surface area contributed by atoms with E-state index in [1.807, 2.05) is 0 Å². The number of carbonyl (C=O) groups excluding carboxylic acids is 2. The Morgan fingerprint density at radius 2 is 1.61 bits per heavy atom. The van der Waals surface area contributed by atoms with E-state index in [-0.39, 0.29) is 11.9 Å². The van der Waals surface area contributed by atoms with Crippen LogP contribution in [0.1, 0.15) is 72.1 Å². The number of unbranched alkanes of at least 4 members (excludes halogenated alkanes) is 6. The van der Waals surface area contributed by atoms with Crippen molar-refractivity contribution in [3.8, 4) is 0 Å². The smallest absolute Gasteiger partial charge is 0.333 e. The van der Waals surface area contributed by atoms with Crippen LogP contribution in [-0.2, 0) is 19.1 Å². The summed E-state index contributed by atoms with van der Waals surface area (Å²) in [6.07, 6.45) is 12.6. The molecule has 7 heteroatoms. The predicted octanol–water partition coefficient (Wildman–Crippen LogP) is 4.46. The molecule has 0 aliphatic heterocycles. The van der Waals surface area contributed by atoms with Gasteiger partial charge in [-0.15, -0.1) is 0 Å². The monoisotopic (exact) mass is 438 g/mol. The lowest BCUT2D eigenvalue weighted by atomic mass is 10.1. The van der Waals surface area contributed by atoms with E-state index in [0.717, 1.165) is 44.8 Å². The molecule has 0 aromatic rings. The number of carbonyl (C=O) groups is 3. The number of esters is 1. The molecule has 0 rings (SSSR count). The van der Waals surface area contributed by atoms with Crippen molar-refractivity contribution in [2.75, 3.05) is 26.2 Å². The first-order chi connectivity index (χ1) is 14.8. The second-order valence-electron chi connectivity index (χ2n) is 7.18. The maximum atomic E-state index is 11.5. The van der Waals surface area contributed by atoms with Crippen molar-refractivity contribution < 1.29 is 24.2 Å². The molecule has 0 spiro atoms. The molecular weight excluding hydrogens is 396 g/mol. The fourth-order valence-corrected chi connectivity index (χ4v) is 2.36. The van der Waals surface area contributed by atoms with E-state index in [9.17, 15) is 14.4 Å². The van der Waals surface area contributed by atoms with Gasteiger partial charge in [0.2, 0.25) is 5.91 Å². The van der Waals surface area contributed by atoms with E-state index in [0.29, 0.717) is 18.7 Å². The molecule has 2 N–H and O–H groups in total. The summed E-state index contributed by atoms with van der Waals surface area (Å²) in [5.41, 5.74) is 0.452. The minimum atomic E-state index is -1.06. The van der Waals surface area contributed by atoms with Gasteiger partial charge < -0.3 is 20.1 Å². The Bertz CT molecular complexity index is 558. The van der Waals surface area contributed by atoms with Crippen LogP contribution in [0.25, 0.3) is 0 Å². The third-order valence-corrected chi connectivity index (χ3v) is 4.17. The van der Waals surface area contributed by atoms with Gasteiger partial charge in [-0.1, -0.05) is 65.5 Å². The molecule has 0 heterocycles. The number of rotatable bonds is 17. The van der Waals surface area contributed by atoms with Gasteiger partial charge in [-0.05, 0) is 32.4 Å². The summed E-state index contributed by atoms with van der Waals surface area (Å²) in [5, 5.41) is 11.7. The van der Waals surface area contributed by atoms with E-state index >= 15 is 0 Å². The number of nitrogens with one attached hydrogen (secondary N) is 1. The molecule has 0 aliphatic rings. The van der Waals surface area contributed by atoms with Gasteiger partial charge in [0, 0.05) is 30.9 Å². The van der Waals surface area contributed by atoms with Crippen LogP contribution in [0.3, 0.4) is 0 Å². The molecule has 0 saturated carbocycles. The Hall–Kier alpha value is -2.41. The van der Waals surface area contributed by atoms with Crippen LogP contribution in [0.15, 0.2) is 37.1 Å². The van der Waals surface area contributed by atoms with E-state index in [4.69, 9.17) is 9.84 Å². The number of carboxylic acids is 1. The van der Waals surface area contributed by atoms with Gasteiger partial charge >= 0.3 is 11.9 Å². The maximum absolute atomic E-state index is 11.5. The van der Waals surface area contributed by atoms with Crippen molar-refractivity contribution in [1.29, 1.82) is 0 Å². The van der Waals surface area contributed by atoms with Crippen molar-refractivity contribution in [1.82, 2.24) is 10.2 Å². The molecule has 0 aromatic carbocycles. The van der Waals surface area contributed by atoms with Gasteiger partial charge in [-0.25, -0.2) is 9.59 Å². The molecule has 0 radical (unpaired) electrons. The first-order valence-electron chi connectivity index (χ1n) is 11.2. The number of hydrogen-bond acceptors (Lipinski definition) is 5. The highest BCUT2D eigenvalue weighted by atomic mass is 16.5. The first-order valence-corrected chi connectivity index (χ1v) is 11.2. The Balaban J connectivity index is 0. The lowest BCUT2D eigenvalue weighted by Gasteiger charge is -2.15. The molecule has 0 fully saturated rings. The molecule has 1 amide bonds. The largest absolute Gasteiger partial charge is 0.478 e. The highest BCUT2D eigenvalue weighted by Gasteiger charge is 2.06. The Morgan fingerprint density at radius 1 is 1.00 bits per heavy atom. The predicted molar refractivity (Wildman–Crippen MR) is 126 cm³/mol. The highest BCUT2D eigenvalue weighted by molar-refractivity contribution is 5.89. The zero-order chi connectivity index (χ0) is 23.9. The van der Waals surface area contributed by atoms with Crippen molar-refractivity contribution in [2.24, 2.45) is 0 Å². The fraction of sp³-hybridized carbons (Fsp3) is 0.625. The van der Waals surface area contributed by atoms with Gasteiger partial charge in [0.15, 0.2) is 0 Å². The number of amides is 1. The van der Waals surface area contributed by atoms with Crippen LogP contribution < -0.4 is 5.32 Å². The van der Waals surface area contributed by atoms with E-state index < -0.39 is 5.97 Å². The molecule has 0 aromatic heterocycles. The second kappa shape index (κ2) is 22.3. The Kier molecular flexibility index (Phi) is 22.1. The summed E-state index contributed by atoms with van der Waals surface area (Å²) >= 11 is 0. The van der Waals surface area contributed by atoms with Gasteiger partial charge in [-0.2, -0.15) is 0 Å². The van der Waals surface area contributed by atoms with Crippen LogP contribution >= 0.6 is 0 Å². The summed E-state index contributed by atoms with van der Waals surface area (Å²) in [7, 11) is 0. The molecule has 0 saturated heterocycles. The average Bonchev–Trinajstić information content (AvgIpc) is 2.74. The van der Waals surface area contributed by atoms with E-state index in [2.05, 4.69) is 32.3 Å². The highest BCUT2D eigenvalue weighted by Crippen LogP contribution is 2.06. The number of aliphatic carboxylic acids is 1. The first kappa shape index (κ1) is 30.8. The zero-order valence-corrected chi connectivity index (χ0v) is 19.7. The average molecular weight is 439 g/mol. The Morgan fingerprint density at radius 3 is 2.16 bits per heavy atom. The quantitative estimate of drug-likeness (QED) is 0.198. The maximum Gasteiger partial charge on any atom is 0.333 e. The molecule has 7 nitrogen and oxygen atoms in total. The van der Waals surface area contributed by atoms with Gasteiger partial charge in [0.25, 0.3) is 0 Å². The molecule has 31 heavy (non-hydrogen) atoms. The molecule has 0 bridgehead atoms. The normalized spacial score (nSPS) is 10.2. The topological polar surface area (TPSA) is 95.9 Å². The third-order valence-electron chi connectivity index (χ3n) is 4.17. The van der Waals surface area contributed by atoms with Gasteiger partial charge in [0.05, 0.1) is 0 Å². The van der Waals surface area contributed by atoms with Crippen LogP contribution in [0.5, 0.6) is 0 Å². The summed E-state index contributed by atoms with van der Waals surface area (Å²) in [5.74, 6) is -1.63. The summed E-state index contributed by atoms with van der Waals surface area (Å²) in [6, 6.07) is 0. The summed E-state index contributed by atoms with van der Waals surface area (Å²) in [6.45, 7) is 15.5. The molecule has 0 unspecified atom stereocenters. The number of nitrogens with zero attached hydrogens (tertiary/aromatic N) is 1. The van der Waals surface area contributed by atoms with Crippen molar-refractivity contribution in [2.45, 2.75) is 72.1 Å². The number of ether oxygens (including phenoxy) is 1. The van der Waals surface area contributed by atoms with Crippen LogP contribution in [-0.4, -0.2) is 54.1 Å². The second-order valence-corrected chi connectivity index (χ2v) is 7.18. The molecule has 0 atom stereocenters. The molecule has 0 aliphatic carbocycles. The SMILES string of the molecule is C=C(C)C(=O)OCCNCCCC.C=CC(=O)N(C=CC(=O)O)CCCCCCCC. The van der Waals surface area contributed by atoms with Crippen molar-refractivity contribution >= 4 is 17.8 Å². The lowest BCUT2D eigenvalue weighted by molar-refractivity contribution is -0.138. The van der Waals surface area contributed by atoms with Crippen LogP contribution in [0, 0.1) is 0 Å². The minimum Gasteiger partial charge on any atom is -0.478 e. The van der Waals surface area contributed by atoms with Gasteiger partial charge in [-0.3, -0.25) is 4.79 Å². The third kappa shape index (κ3) is 22.1. The molecule has 178 valence electrons. The van der Waals surface area contributed by atoms with Crippen molar-refractivity contribution in [3.05, 3.63) is 37.1 Å². The van der Waals surface area contributed by atoms with E-state index in [1.165, 1.54) is 42.9 Å². The van der Waals surface area contributed by atoms with Crippen molar-refractivity contribution in [3.63, 3.8) is 0 Å².